The Bertz CT molecular complexity index is 1020. The Kier molecular flexibility index (Phi) is 6.84. The number of benzene rings is 2. The zero-order valence-corrected chi connectivity index (χ0v) is 17.8. The van der Waals surface area contributed by atoms with Crippen molar-refractivity contribution in [2.45, 2.75) is 33.7 Å². The predicted molar refractivity (Wildman–Crippen MR) is 121 cm³/mol. The molecule has 0 amide bonds. The van der Waals surface area contributed by atoms with E-state index >= 15 is 0 Å². The molecule has 1 heterocycles. The first-order valence-corrected chi connectivity index (χ1v) is 10.0. The molecule has 0 atom stereocenters. The highest BCUT2D eigenvalue weighted by atomic mass is 35.5. The quantitative estimate of drug-likeness (QED) is 0.478. The Morgan fingerprint density at radius 3 is 2.45 bits per heavy atom. The summed E-state index contributed by atoms with van der Waals surface area (Å²) in [5.41, 5.74) is 5.80. The molecule has 2 aromatic carbocycles. The van der Waals surface area contributed by atoms with Crippen molar-refractivity contribution in [1.82, 2.24) is 4.98 Å². The number of ketones is 1. The number of rotatable bonds is 7. The summed E-state index contributed by atoms with van der Waals surface area (Å²) in [5, 5.41) is 4.03. The lowest BCUT2D eigenvalue weighted by molar-refractivity contribution is -0.113. The van der Waals surface area contributed by atoms with Gasteiger partial charge in [0.25, 0.3) is 0 Å². The van der Waals surface area contributed by atoms with E-state index in [0.29, 0.717) is 18.0 Å². The van der Waals surface area contributed by atoms with Crippen LogP contribution in [0.5, 0.6) is 0 Å². The van der Waals surface area contributed by atoms with Gasteiger partial charge in [-0.2, -0.15) is 0 Å². The number of Topliss-reactive ketones (excluding diaryl/α,β-unsaturated/α-hetero) is 1. The maximum atomic E-state index is 12.3. The first kappa shape index (κ1) is 20.8. The van der Waals surface area contributed by atoms with Gasteiger partial charge in [0.15, 0.2) is 5.78 Å². The van der Waals surface area contributed by atoms with Gasteiger partial charge in [-0.3, -0.25) is 4.79 Å². The molecule has 0 radical (unpaired) electrons. The van der Waals surface area contributed by atoms with Gasteiger partial charge in [-0.1, -0.05) is 54.1 Å². The topological polar surface area (TPSA) is 42.0 Å². The molecule has 29 heavy (non-hydrogen) atoms. The summed E-state index contributed by atoms with van der Waals surface area (Å²) in [6.45, 7) is 6.28. The van der Waals surface area contributed by atoms with E-state index in [1.54, 1.807) is 6.92 Å². The average molecular weight is 405 g/mol. The maximum Gasteiger partial charge on any atom is 0.156 e. The number of carbonyl (C=O) groups is 1. The molecule has 0 fully saturated rings. The highest BCUT2D eigenvalue weighted by molar-refractivity contribution is 6.31. The van der Waals surface area contributed by atoms with Crippen LogP contribution in [-0.2, 0) is 17.8 Å². The number of nitrogens with one attached hydrogen (secondary N) is 1. The molecule has 3 nitrogen and oxygen atoms in total. The lowest BCUT2D eigenvalue weighted by Crippen LogP contribution is -2.05. The SMILES string of the molecule is CC(=O)/C(=C\c1ccc(NCc2ccccc2)nc1C)Cc1c(C)cccc1Cl. The maximum absolute atomic E-state index is 12.3. The molecule has 0 bridgehead atoms. The van der Waals surface area contributed by atoms with Crippen molar-refractivity contribution in [2.24, 2.45) is 0 Å². The molecule has 148 valence electrons. The second kappa shape index (κ2) is 9.53. The fraction of sp³-hybridized carbons (Fsp3) is 0.200. The van der Waals surface area contributed by atoms with Gasteiger partial charge in [-0.25, -0.2) is 4.98 Å². The highest BCUT2D eigenvalue weighted by Crippen LogP contribution is 2.24. The van der Waals surface area contributed by atoms with Crippen LogP contribution in [-0.4, -0.2) is 10.8 Å². The zero-order valence-electron chi connectivity index (χ0n) is 17.0. The van der Waals surface area contributed by atoms with Gasteiger partial charge >= 0.3 is 0 Å². The van der Waals surface area contributed by atoms with E-state index < -0.39 is 0 Å². The summed E-state index contributed by atoms with van der Waals surface area (Å²) in [6, 6.07) is 19.9. The van der Waals surface area contributed by atoms with Crippen LogP contribution in [0.2, 0.25) is 5.02 Å². The van der Waals surface area contributed by atoms with Gasteiger partial charge in [0.1, 0.15) is 5.82 Å². The standard InChI is InChI=1S/C25H25ClN2O/c1-17-8-7-11-24(26)23(17)15-22(19(3)29)14-21-12-13-25(28-18(21)2)27-16-20-9-5-4-6-10-20/h4-14H,15-16H2,1-3H3,(H,27,28)/b22-14-. The van der Waals surface area contributed by atoms with Crippen LogP contribution in [0.3, 0.4) is 0 Å². The summed E-state index contributed by atoms with van der Waals surface area (Å²) >= 11 is 6.36. The van der Waals surface area contributed by atoms with Gasteiger partial charge < -0.3 is 5.32 Å². The summed E-state index contributed by atoms with van der Waals surface area (Å²) in [4.78, 5) is 16.9. The monoisotopic (exact) mass is 404 g/mol. The van der Waals surface area contributed by atoms with Crippen molar-refractivity contribution in [3.05, 3.63) is 99.2 Å². The number of hydrogen-bond donors (Lipinski definition) is 1. The summed E-state index contributed by atoms with van der Waals surface area (Å²) in [7, 11) is 0. The molecule has 0 aliphatic heterocycles. The van der Waals surface area contributed by atoms with Crippen molar-refractivity contribution in [1.29, 1.82) is 0 Å². The molecule has 1 aromatic heterocycles. The van der Waals surface area contributed by atoms with Crippen LogP contribution < -0.4 is 5.32 Å². The highest BCUT2D eigenvalue weighted by Gasteiger charge is 2.12. The number of anilines is 1. The van der Waals surface area contributed by atoms with Crippen molar-refractivity contribution in [3.8, 4) is 0 Å². The number of halogens is 1. The number of carbonyl (C=O) groups excluding carboxylic acids is 1. The molecule has 0 saturated heterocycles. The molecular formula is C25H25ClN2O. The molecular weight excluding hydrogens is 380 g/mol. The second-order valence-corrected chi connectivity index (χ2v) is 7.56. The van der Waals surface area contributed by atoms with Crippen LogP contribution in [0, 0.1) is 13.8 Å². The third kappa shape index (κ3) is 5.55. The van der Waals surface area contributed by atoms with E-state index in [-0.39, 0.29) is 5.78 Å². The van der Waals surface area contributed by atoms with Crippen molar-refractivity contribution < 1.29 is 4.79 Å². The average Bonchev–Trinajstić information content (AvgIpc) is 2.70. The minimum atomic E-state index is 0.0370. The Hall–Kier alpha value is -2.91. The molecule has 1 N–H and O–H groups in total. The lowest BCUT2D eigenvalue weighted by Gasteiger charge is -2.11. The molecule has 3 rings (SSSR count). The molecule has 0 aliphatic rings. The van der Waals surface area contributed by atoms with Crippen LogP contribution in [0.1, 0.15) is 34.9 Å². The molecule has 0 saturated carbocycles. The number of aryl methyl sites for hydroxylation is 2. The summed E-state index contributed by atoms with van der Waals surface area (Å²) in [6.07, 6.45) is 2.43. The number of nitrogens with zero attached hydrogens (tertiary/aromatic N) is 1. The summed E-state index contributed by atoms with van der Waals surface area (Å²) in [5.74, 6) is 0.852. The molecule has 3 aromatic rings. The molecule has 0 aliphatic carbocycles. The Morgan fingerprint density at radius 1 is 1.03 bits per heavy atom. The van der Waals surface area contributed by atoms with E-state index in [1.807, 2.05) is 68.5 Å². The number of allylic oxidation sites excluding steroid dienone is 1. The molecule has 0 unspecified atom stereocenters. The van der Waals surface area contributed by atoms with E-state index in [0.717, 1.165) is 33.8 Å². The van der Waals surface area contributed by atoms with Gasteiger partial charge in [0.05, 0.1) is 0 Å². The minimum Gasteiger partial charge on any atom is -0.366 e. The van der Waals surface area contributed by atoms with Crippen molar-refractivity contribution in [2.75, 3.05) is 5.32 Å². The van der Waals surface area contributed by atoms with E-state index in [2.05, 4.69) is 22.4 Å². The molecule has 0 spiro atoms. The van der Waals surface area contributed by atoms with Gasteiger partial charge in [0, 0.05) is 23.7 Å². The number of pyridine rings is 1. The third-order valence-corrected chi connectivity index (χ3v) is 5.30. The van der Waals surface area contributed by atoms with Crippen LogP contribution in [0.25, 0.3) is 6.08 Å². The summed E-state index contributed by atoms with van der Waals surface area (Å²) < 4.78 is 0. The zero-order chi connectivity index (χ0) is 20.8. The third-order valence-electron chi connectivity index (χ3n) is 4.95. The smallest absolute Gasteiger partial charge is 0.156 e. The second-order valence-electron chi connectivity index (χ2n) is 7.15. The van der Waals surface area contributed by atoms with Crippen LogP contribution in [0.15, 0.2) is 66.2 Å². The fourth-order valence-electron chi connectivity index (χ4n) is 3.16. The first-order chi connectivity index (χ1) is 13.9. The van der Waals surface area contributed by atoms with Crippen molar-refractivity contribution >= 4 is 29.3 Å². The lowest BCUT2D eigenvalue weighted by atomic mass is 9.96. The molecule has 4 heteroatoms. The van der Waals surface area contributed by atoms with Crippen LogP contribution in [0.4, 0.5) is 5.82 Å². The predicted octanol–water partition coefficient (Wildman–Crippen LogP) is 6.18. The van der Waals surface area contributed by atoms with E-state index in [4.69, 9.17) is 11.6 Å². The van der Waals surface area contributed by atoms with Crippen LogP contribution >= 0.6 is 11.6 Å². The van der Waals surface area contributed by atoms with E-state index in [9.17, 15) is 4.79 Å². The number of hydrogen-bond acceptors (Lipinski definition) is 3. The Morgan fingerprint density at radius 2 is 1.79 bits per heavy atom. The Balaban J connectivity index is 1.80. The van der Waals surface area contributed by atoms with Gasteiger partial charge in [-0.05, 0) is 72.9 Å². The van der Waals surface area contributed by atoms with Crippen molar-refractivity contribution in [3.63, 3.8) is 0 Å². The Labute approximate surface area is 177 Å². The normalized spacial score (nSPS) is 11.4. The van der Waals surface area contributed by atoms with Gasteiger partial charge in [0.2, 0.25) is 0 Å². The van der Waals surface area contributed by atoms with Gasteiger partial charge in [-0.15, -0.1) is 0 Å². The largest absolute Gasteiger partial charge is 0.366 e. The van der Waals surface area contributed by atoms with E-state index in [1.165, 1.54) is 5.56 Å². The first-order valence-electron chi connectivity index (χ1n) is 9.65. The number of aromatic nitrogens is 1. The fourth-order valence-corrected chi connectivity index (χ4v) is 3.45. The minimum absolute atomic E-state index is 0.0370.